The molecule has 9 aromatic rings. The van der Waals surface area contributed by atoms with Gasteiger partial charge >= 0.3 is 0 Å². The Morgan fingerprint density at radius 1 is 0.408 bits per heavy atom. The summed E-state index contributed by atoms with van der Waals surface area (Å²) in [5.41, 5.74) is 13.9. The van der Waals surface area contributed by atoms with Crippen LogP contribution in [0.15, 0.2) is 158 Å². The van der Waals surface area contributed by atoms with Gasteiger partial charge in [0.25, 0.3) is 0 Å². The Morgan fingerprint density at radius 2 is 0.980 bits per heavy atom. The lowest BCUT2D eigenvalue weighted by molar-refractivity contribution is 0.666. The molecule has 0 atom stereocenters. The van der Waals surface area contributed by atoms with Crippen LogP contribution in [-0.2, 0) is 5.41 Å². The summed E-state index contributed by atoms with van der Waals surface area (Å²) < 4.78 is 0. The van der Waals surface area contributed by atoms with Crippen LogP contribution in [0.25, 0.3) is 88.1 Å². The first-order valence-corrected chi connectivity index (χ1v) is 17.0. The summed E-state index contributed by atoms with van der Waals surface area (Å²) in [7, 11) is 0. The maximum absolute atomic E-state index is 5.35. The van der Waals surface area contributed by atoms with Gasteiger partial charge in [0.1, 0.15) is 0 Å². The average Bonchev–Trinajstić information content (AvgIpc) is 3.41. The molecule has 1 aliphatic carbocycles. The van der Waals surface area contributed by atoms with E-state index in [1.54, 1.807) is 0 Å². The Bertz CT molecular complexity index is 2790. The van der Waals surface area contributed by atoms with Gasteiger partial charge in [0.15, 0.2) is 0 Å². The first kappa shape index (κ1) is 27.9. The van der Waals surface area contributed by atoms with Crippen LogP contribution < -0.4 is 0 Å². The fourth-order valence-corrected chi connectivity index (χ4v) is 8.31. The zero-order chi connectivity index (χ0) is 32.7. The molecule has 0 saturated heterocycles. The number of benzene rings is 7. The molecule has 2 nitrogen and oxygen atoms in total. The number of rotatable bonds is 3. The summed E-state index contributed by atoms with van der Waals surface area (Å²) >= 11 is 0. The van der Waals surface area contributed by atoms with Crippen molar-refractivity contribution in [3.05, 3.63) is 169 Å². The van der Waals surface area contributed by atoms with Gasteiger partial charge < -0.3 is 0 Å². The van der Waals surface area contributed by atoms with Gasteiger partial charge in [-0.2, -0.15) is 0 Å². The van der Waals surface area contributed by atoms with E-state index in [1.807, 2.05) is 6.07 Å². The molecule has 0 unspecified atom stereocenters. The number of hydrogen-bond donors (Lipinski definition) is 0. The van der Waals surface area contributed by atoms with E-state index in [2.05, 4.69) is 166 Å². The SMILES string of the molecule is CC1(C)c2ccccc2-c2c(-c3ccc(-c4ccc5ccc6ccc(-c7ccccc7)nc6c5n4)c4ccccc34)cc3ccccc3c21. The van der Waals surface area contributed by atoms with Crippen molar-refractivity contribution in [3.8, 4) is 44.8 Å². The quantitative estimate of drug-likeness (QED) is 0.183. The van der Waals surface area contributed by atoms with E-state index in [9.17, 15) is 0 Å². The molecular weight excluding hydrogens is 593 g/mol. The third kappa shape index (κ3) is 4.14. The van der Waals surface area contributed by atoms with Gasteiger partial charge in [-0.15, -0.1) is 0 Å². The van der Waals surface area contributed by atoms with E-state index in [1.165, 1.54) is 54.9 Å². The minimum absolute atomic E-state index is 0.108. The van der Waals surface area contributed by atoms with Crippen molar-refractivity contribution < 1.29 is 0 Å². The van der Waals surface area contributed by atoms with Crippen molar-refractivity contribution >= 4 is 43.4 Å². The number of hydrogen-bond acceptors (Lipinski definition) is 2. The number of fused-ring (bicyclic) bond motifs is 9. The van der Waals surface area contributed by atoms with E-state index >= 15 is 0 Å². The Morgan fingerprint density at radius 3 is 1.76 bits per heavy atom. The predicted molar refractivity (Wildman–Crippen MR) is 206 cm³/mol. The molecule has 2 heterocycles. The van der Waals surface area contributed by atoms with Crippen LogP contribution in [0.2, 0.25) is 0 Å². The van der Waals surface area contributed by atoms with Gasteiger partial charge in [-0.25, -0.2) is 9.97 Å². The van der Waals surface area contributed by atoms with Gasteiger partial charge in [0.05, 0.1) is 22.4 Å². The van der Waals surface area contributed by atoms with Crippen LogP contribution in [-0.4, -0.2) is 9.97 Å². The van der Waals surface area contributed by atoms with Crippen LogP contribution in [0.3, 0.4) is 0 Å². The zero-order valence-electron chi connectivity index (χ0n) is 27.4. The molecule has 0 saturated carbocycles. The van der Waals surface area contributed by atoms with Crippen molar-refractivity contribution in [1.82, 2.24) is 9.97 Å². The average molecular weight is 625 g/mol. The second-order valence-electron chi connectivity index (χ2n) is 13.7. The van der Waals surface area contributed by atoms with Crippen LogP contribution in [0.1, 0.15) is 25.0 Å². The minimum Gasteiger partial charge on any atom is -0.245 e. The summed E-state index contributed by atoms with van der Waals surface area (Å²) in [6.07, 6.45) is 0. The first-order valence-electron chi connectivity index (χ1n) is 17.0. The van der Waals surface area contributed by atoms with Crippen molar-refractivity contribution in [3.63, 3.8) is 0 Å². The Hall–Kier alpha value is -6.12. The van der Waals surface area contributed by atoms with E-state index in [4.69, 9.17) is 9.97 Å². The van der Waals surface area contributed by atoms with Crippen molar-refractivity contribution in [2.45, 2.75) is 19.3 Å². The molecule has 1 aliphatic rings. The lowest BCUT2D eigenvalue weighted by Crippen LogP contribution is -2.15. The topological polar surface area (TPSA) is 25.8 Å². The normalized spacial score (nSPS) is 13.3. The first-order chi connectivity index (χ1) is 24.1. The number of aromatic nitrogens is 2. The maximum atomic E-state index is 5.35. The van der Waals surface area contributed by atoms with Gasteiger partial charge in [-0.05, 0) is 73.1 Å². The largest absolute Gasteiger partial charge is 0.245 e. The molecule has 2 aromatic heterocycles. The second-order valence-corrected chi connectivity index (χ2v) is 13.7. The Balaban J connectivity index is 1.21. The summed E-state index contributed by atoms with van der Waals surface area (Å²) in [6.45, 7) is 4.75. The highest BCUT2D eigenvalue weighted by molar-refractivity contribution is 6.12. The Kier molecular flexibility index (Phi) is 5.95. The molecule has 0 N–H and O–H groups in total. The molecule has 10 rings (SSSR count). The lowest BCUT2D eigenvalue weighted by Gasteiger charge is -2.24. The highest BCUT2D eigenvalue weighted by Crippen LogP contribution is 2.55. The standard InChI is InChI=1S/C47H32N2/c1-47(2)40-19-11-10-18-38(40)43-39(28-32-14-6-7-15-33(32)44(43)47)36-24-25-37(35-17-9-8-16-34(35)36)42-27-23-31-21-20-30-22-26-41(29-12-4-3-5-13-29)48-45(30)46(31)49-42/h3-28H,1-2H3. The number of pyridine rings is 2. The smallest absolute Gasteiger partial charge is 0.0972 e. The van der Waals surface area contributed by atoms with Gasteiger partial charge in [-0.1, -0.05) is 153 Å². The van der Waals surface area contributed by atoms with Gasteiger partial charge in [0, 0.05) is 27.3 Å². The highest BCUT2D eigenvalue weighted by atomic mass is 14.8. The monoisotopic (exact) mass is 624 g/mol. The van der Waals surface area contributed by atoms with Crippen LogP contribution in [0, 0.1) is 0 Å². The van der Waals surface area contributed by atoms with E-state index in [0.29, 0.717) is 0 Å². The van der Waals surface area contributed by atoms with Crippen molar-refractivity contribution in [2.75, 3.05) is 0 Å². The van der Waals surface area contributed by atoms with Crippen molar-refractivity contribution in [2.24, 2.45) is 0 Å². The molecule has 49 heavy (non-hydrogen) atoms. The molecule has 0 radical (unpaired) electrons. The van der Waals surface area contributed by atoms with Gasteiger partial charge in [-0.3, -0.25) is 0 Å². The molecule has 230 valence electrons. The van der Waals surface area contributed by atoms with E-state index < -0.39 is 0 Å². The van der Waals surface area contributed by atoms with Gasteiger partial charge in [0.2, 0.25) is 0 Å². The second kappa shape index (κ2) is 10.4. The summed E-state index contributed by atoms with van der Waals surface area (Å²) in [4.78, 5) is 10.5. The zero-order valence-corrected chi connectivity index (χ0v) is 27.4. The third-order valence-corrected chi connectivity index (χ3v) is 10.6. The third-order valence-electron chi connectivity index (χ3n) is 10.6. The summed E-state index contributed by atoms with van der Waals surface area (Å²) in [6, 6.07) is 56.9. The van der Waals surface area contributed by atoms with Crippen molar-refractivity contribution in [1.29, 1.82) is 0 Å². The fraction of sp³-hybridized carbons (Fsp3) is 0.0638. The molecule has 0 bridgehead atoms. The highest BCUT2D eigenvalue weighted by Gasteiger charge is 2.38. The maximum Gasteiger partial charge on any atom is 0.0972 e. The summed E-state index contributed by atoms with van der Waals surface area (Å²) in [5, 5.41) is 7.20. The van der Waals surface area contributed by atoms with Crippen LogP contribution >= 0.6 is 0 Å². The summed E-state index contributed by atoms with van der Waals surface area (Å²) in [5.74, 6) is 0. The minimum atomic E-state index is -0.108. The molecule has 0 aliphatic heterocycles. The van der Waals surface area contributed by atoms with Crippen LogP contribution in [0.5, 0.6) is 0 Å². The van der Waals surface area contributed by atoms with E-state index in [0.717, 1.165) is 44.3 Å². The molecule has 7 aromatic carbocycles. The van der Waals surface area contributed by atoms with E-state index in [-0.39, 0.29) is 5.41 Å². The molecule has 0 spiro atoms. The lowest BCUT2D eigenvalue weighted by atomic mass is 9.79. The molecule has 0 amide bonds. The molecular formula is C47H32N2. The molecule has 2 heteroatoms. The Labute approximate surface area is 285 Å². The predicted octanol–water partition coefficient (Wildman–Crippen LogP) is 12.4. The fourth-order valence-electron chi connectivity index (χ4n) is 8.31. The number of nitrogens with zero attached hydrogens (tertiary/aromatic N) is 2. The van der Waals surface area contributed by atoms with Crippen LogP contribution in [0.4, 0.5) is 0 Å². The molecule has 0 fully saturated rings.